The van der Waals surface area contributed by atoms with Crippen molar-refractivity contribution < 1.29 is 120 Å². The molecule has 31 heteroatoms. The number of aliphatic carboxylic acids is 4. The van der Waals surface area contributed by atoms with Crippen molar-refractivity contribution in [2.24, 2.45) is 0 Å². The van der Waals surface area contributed by atoms with E-state index in [0.717, 1.165) is 209 Å². The number of ether oxygens (including phenoxy) is 13. The number of esters is 4. The van der Waals surface area contributed by atoms with Crippen LogP contribution in [-0.2, 0) is 113 Å². The lowest BCUT2D eigenvalue weighted by molar-refractivity contribution is -0.154. The Bertz CT molecular complexity index is 4320. The average Bonchev–Trinajstić information content (AvgIpc) is 0.868. The Morgan fingerprint density at radius 3 is 0.860 bits per heavy atom. The number of morpholine rings is 1. The normalized spacial score (nSPS) is 14.9. The maximum atomic E-state index is 12.2. The molecule has 12 rings (SSSR count). The molecule has 0 radical (unpaired) electrons. The number of carboxylic acid groups (broad SMARTS) is 4. The van der Waals surface area contributed by atoms with Crippen molar-refractivity contribution in [3.8, 4) is 46.0 Å². The quantitative estimate of drug-likeness (QED) is 0.0175. The number of benzene rings is 8. The maximum Gasteiger partial charge on any atom is 0.306 e. The largest absolute Gasteiger partial charge is 0.497 e. The zero-order valence-corrected chi connectivity index (χ0v) is 79.7. The predicted molar refractivity (Wildman–Crippen MR) is 517 cm³/mol. The molecule has 0 saturated carbocycles. The number of methoxy groups -OCH3 is 4. The number of nitrogens with one attached hydrogen (secondary N) is 1. The van der Waals surface area contributed by atoms with Crippen molar-refractivity contribution in [1.82, 2.24) is 24.9 Å². The van der Waals surface area contributed by atoms with Crippen LogP contribution in [-0.4, -0.2) is 283 Å². The highest BCUT2D eigenvalue weighted by Crippen LogP contribution is 2.29. The molecule has 4 atom stereocenters. The number of rotatable bonds is 52. The first-order valence-corrected chi connectivity index (χ1v) is 48.0. The number of carbonyl (C=O) groups is 8. The number of nitrogens with zero attached hydrogens (tertiary/aromatic N) is 4. The lowest BCUT2D eigenvalue weighted by Crippen LogP contribution is -2.48. The topological polar surface area (TPSA) is 362 Å². The Kier molecular flexibility index (Phi) is 49.0. The summed E-state index contributed by atoms with van der Waals surface area (Å²) in [7, 11) is 6.64. The van der Waals surface area contributed by atoms with Gasteiger partial charge in [-0.05, 0) is 195 Å². The lowest BCUT2D eigenvalue weighted by Gasteiger charge is -2.30. The number of carbonyl (C=O) groups excluding carboxylic acids is 4. The SMILES string of the molecule is COc1cccc(CCc2ccccc2OCC(CN2CCCCC2)OC(=O)CCC(=O)O)c1.COc1cccc(CCc2ccccc2OCC(CN2CCNCC2)OC(=O)CCC(=O)O)c1.COc1cccc(CCc2ccccc2OCC(CN2CCOCC2)OC(=O)CCC(=O)O)c1.COc1cccc(CCc2ccccc2OCC(CN2CCSCC2)OC(=O)CCC(=O)O)c1. The summed E-state index contributed by atoms with van der Waals surface area (Å²) in [5, 5.41) is 38.7. The summed E-state index contributed by atoms with van der Waals surface area (Å²) in [4.78, 5) is 101. The lowest BCUT2D eigenvalue weighted by atomic mass is 10.0. The van der Waals surface area contributed by atoms with E-state index in [2.05, 4.69) is 49.2 Å². The van der Waals surface area contributed by atoms with Crippen LogP contribution in [0.2, 0.25) is 0 Å². The molecule has 4 heterocycles. The van der Waals surface area contributed by atoms with E-state index in [9.17, 15) is 38.4 Å². The van der Waals surface area contributed by atoms with Crippen molar-refractivity contribution in [3.63, 3.8) is 0 Å². The van der Waals surface area contributed by atoms with Crippen LogP contribution in [0.4, 0.5) is 0 Å². The van der Waals surface area contributed by atoms with E-state index in [1.807, 2.05) is 182 Å². The summed E-state index contributed by atoms with van der Waals surface area (Å²) in [5.74, 6) is 2.38. The number of hydrogen-bond donors (Lipinski definition) is 5. The van der Waals surface area contributed by atoms with E-state index in [4.69, 9.17) is 82.0 Å². The van der Waals surface area contributed by atoms with Gasteiger partial charge in [0.25, 0.3) is 0 Å². The molecule has 736 valence electrons. The summed E-state index contributed by atoms with van der Waals surface area (Å²) in [5.41, 5.74) is 9.02. The van der Waals surface area contributed by atoms with Gasteiger partial charge in [-0.25, -0.2) is 0 Å². The van der Waals surface area contributed by atoms with Crippen LogP contribution in [0, 0.1) is 0 Å². The highest BCUT2D eigenvalue weighted by molar-refractivity contribution is 7.99. The molecular formula is C105H135N5O25S. The molecule has 0 spiro atoms. The molecule has 0 amide bonds. The molecule has 8 aromatic carbocycles. The van der Waals surface area contributed by atoms with E-state index >= 15 is 0 Å². The molecule has 0 aliphatic carbocycles. The number of para-hydroxylation sites is 4. The van der Waals surface area contributed by atoms with E-state index < -0.39 is 72.2 Å². The summed E-state index contributed by atoms with van der Waals surface area (Å²) in [6.45, 7) is 13.1. The Morgan fingerprint density at radius 2 is 0.581 bits per heavy atom. The fraction of sp³-hybridized carbons (Fsp3) is 0.467. The van der Waals surface area contributed by atoms with Crippen molar-refractivity contribution in [1.29, 1.82) is 0 Å². The minimum absolute atomic E-state index is 0.136. The molecule has 30 nitrogen and oxygen atoms in total. The first-order valence-electron chi connectivity index (χ1n) is 46.9. The van der Waals surface area contributed by atoms with Gasteiger partial charge in [-0.2, -0.15) is 11.8 Å². The molecule has 4 unspecified atom stereocenters. The van der Waals surface area contributed by atoms with Crippen LogP contribution < -0.4 is 43.2 Å². The highest BCUT2D eigenvalue weighted by atomic mass is 32.2. The number of piperazine rings is 1. The second-order valence-electron chi connectivity index (χ2n) is 33.3. The third kappa shape index (κ3) is 42.9. The third-order valence-electron chi connectivity index (χ3n) is 22.9. The van der Waals surface area contributed by atoms with Crippen LogP contribution in [0.15, 0.2) is 194 Å². The molecule has 5 N–H and O–H groups in total. The molecule has 4 fully saturated rings. The fourth-order valence-electron chi connectivity index (χ4n) is 15.6. The third-order valence-corrected chi connectivity index (χ3v) is 23.9. The van der Waals surface area contributed by atoms with Crippen LogP contribution >= 0.6 is 11.8 Å². The number of hydrogen-bond acceptors (Lipinski definition) is 27. The van der Waals surface area contributed by atoms with Gasteiger partial charge in [-0.1, -0.05) is 128 Å². The number of piperidine rings is 1. The molecule has 4 aliphatic rings. The first kappa shape index (κ1) is 108. The zero-order chi connectivity index (χ0) is 96.7. The smallest absolute Gasteiger partial charge is 0.306 e. The van der Waals surface area contributed by atoms with Gasteiger partial charge < -0.3 is 87.3 Å². The minimum Gasteiger partial charge on any atom is -0.497 e. The van der Waals surface area contributed by atoms with Crippen molar-refractivity contribution in [3.05, 3.63) is 239 Å². The standard InChI is InChI=1S/C27H35NO6.C26H34N2O6.C26H33NO7.C26H33NO6S/c1-32-23-10-7-8-21(18-23)12-13-22-9-3-4-11-25(22)33-20-24(19-28-16-5-2-6-17-28)34-27(31)15-14-26(29)30;1-32-22-7-4-5-20(17-22)9-10-21-6-2-3-8-24(21)33-19-23(18-28-15-13-27-14-16-28)34-26(31)12-11-25(29)30;1-31-22-7-4-5-20(17-22)9-10-21-6-2-3-8-24(21)33-19-23(18-27-13-15-32-16-14-27)34-26(30)12-11-25(28)29;1-31-22-7-4-5-20(17-22)9-10-21-6-2-3-8-24(21)32-19-23(18-27-13-15-34-16-14-27)33-26(30)12-11-25(28)29/h3-4,7-11,18,24H,2,5-6,12-17,19-20H2,1H3,(H,29,30);2-8,17,23,27H,9-16,18-19H2,1H3,(H,29,30);2*2-8,17,23H,9-16,18-19H2,1H3,(H,28,29). The molecular weight excluding hydrogens is 1760 g/mol. The van der Waals surface area contributed by atoms with Gasteiger partial charge in [-0.15, -0.1) is 0 Å². The van der Waals surface area contributed by atoms with Crippen LogP contribution in [0.3, 0.4) is 0 Å². The van der Waals surface area contributed by atoms with E-state index in [1.54, 1.807) is 28.4 Å². The summed E-state index contributed by atoms with van der Waals surface area (Å²) in [6, 6.07) is 63.6. The van der Waals surface area contributed by atoms with Crippen LogP contribution in [0.5, 0.6) is 46.0 Å². The fourth-order valence-corrected chi connectivity index (χ4v) is 16.6. The Balaban J connectivity index is 0.000000203. The van der Waals surface area contributed by atoms with Crippen molar-refractivity contribution in [2.45, 2.75) is 146 Å². The van der Waals surface area contributed by atoms with E-state index in [0.29, 0.717) is 39.4 Å². The summed E-state index contributed by atoms with van der Waals surface area (Å²) in [6.07, 6.45) is 6.58. The van der Waals surface area contributed by atoms with Gasteiger partial charge in [0.1, 0.15) is 96.8 Å². The summed E-state index contributed by atoms with van der Waals surface area (Å²) >= 11 is 1.92. The van der Waals surface area contributed by atoms with Gasteiger partial charge >= 0.3 is 47.8 Å². The number of aryl methyl sites for hydroxylation is 8. The Labute approximate surface area is 802 Å². The Morgan fingerprint density at radius 1 is 0.316 bits per heavy atom. The molecule has 136 heavy (non-hydrogen) atoms. The molecule has 0 aromatic heterocycles. The van der Waals surface area contributed by atoms with E-state index in [-0.39, 0.29) is 77.8 Å². The van der Waals surface area contributed by atoms with Gasteiger partial charge in [0, 0.05) is 90.0 Å². The molecule has 4 aliphatic heterocycles. The van der Waals surface area contributed by atoms with E-state index in [1.165, 1.54) is 28.7 Å². The molecule has 4 saturated heterocycles. The van der Waals surface area contributed by atoms with Gasteiger partial charge in [0.05, 0.1) is 93.0 Å². The van der Waals surface area contributed by atoms with Gasteiger partial charge in [0.2, 0.25) is 0 Å². The van der Waals surface area contributed by atoms with Gasteiger partial charge in [0.15, 0.2) is 0 Å². The van der Waals surface area contributed by atoms with Crippen LogP contribution in [0.1, 0.15) is 115 Å². The van der Waals surface area contributed by atoms with Crippen molar-refractivity contribution in [2.75, 3.05) is 171 Å². The monoisotopic (exact) mass is 1900 g/mol. The zero-order valence-electron chi connectivity index (χ0n) is 78.8. The summed E-state index contributed by atoms with van der Waals surface area (Å²) < 4.78 is 73.7. The predicted octanol–water partition coefficient (Wildman–Crippen LogP) is 13.3. The number of thioether (sulfide) groups is 1. The average molecular weight is 1900 g/mol. The number of likely N-dealkylation sites (tertiary alicyclic amines) is 1. The highest BCUT2D eigenvalue weighted by Gasteiger charge is 2.28. The number of carboxylic acids is 4. The minimum atomic E-state index is -1.03. The van der Waals surface area contributed by atoms with Crippen molar-refractivity contribution >= 4 is 59.5 Å². The van der Waals surface area contributed by atoms with Gasteiger partial charge in [-0.3, -0.25) is 58.0 Å². The molecule has 0 bridgehead atoms. The second kappa shape index (κ2) is 61.9. The first-order chi connectivity index (χ1) is 66.1. The maximum absolute atomic E-state index is 12.2. The molecule has 8 aromatic rings. The second-order valence-corrected chi connectivity index (χ2v) is 34.6. The van der Waals surface area contributed by atoms with Crippen LogP contribution in [0.25, 0.3) is 0 Å². The Hall–Kier alpha value is -12.0.